The van der Waals surface area contributed by atoms with E-state index >= 15 is 0 Å². The SMILES string of the molecule is CCOC(=O)C1=C(C)N=c2sc(=Cc3cc4ccccc4n3Cc3ccc([N+](=O)[O-])cc3)c(=O)n2C1c1ccccc1. The van der Waals surface area contributed by atoms with Crippen molar-refractivity contribution in [1.82, 2.24) is 9.13 Å². The largest absolute Gasteiger partial charge is 0.463 e. The third-order valence-corrected chi connectivity index (χ3v) is 8.22. The number of nitrogens with zero attached hydrogens (tertiary/aromatic N) is 4. The molecule has 5 aromatic rings. The van der Waals surface area contributed by atoms with E-state index in [2.05, 4.69) is 9.56 Å². The van der Waals surface area contributed by atoms with Gasteiger partial charge in [-0.1, -0.05) is 72.0 Å². The number of nitro benzene ring substituents is 1. The molecule has 0 N–H and O–H groups in total. The van der Waals surface area contributed by atoms with Crippen LogP contribution < -0.4 is 14.9 Å². The van der Waals surface area contributed by atoms with Crippen molar-refractivity contribution in [1.29, 1.82) is 0 Å². The summed E-state index contributed by atoms with van der Waals surface area (Å²) >= 11 is 1.27. The summed E-state index contributed by atoms with van der Waals surface area (Å²) in [5.74, 6) is -0.495. The molecule has 1 aliphatic heterocycles. The predicted molar refractivity (Wildman–Crippen MR) is 161 cm³/mol. The van der Waals surface area contributed by atoms with Crippen molar-refractivity contribution in [3.63, 3.8) is 0 Å². The number of thiazole rings is 1. The summed E-state index contributed by atoms with van der Waals surface area (Å²) in [6, 6.07) is 25.1. The lowest BCUT2D eigenvalue weighted by Gasteiger charge is -2.24. The number of ether oxygens (including phenoxy) is 1. The van der Waals surface area contributed by atoms with Crippen LogP contribution in [0.3, 0.4) is 0 Å². The topological polar surface area (TPSA) is 109 Å². The highest BCUT2D eigenvalue weighted by atomic mass is 32.1. The van der Waals surface area contributed by atoms with Gasteiger partial charge in [0, 0.05) is 35.3 Å². The molecule has 0 saturated heterocycles. The molecule has 0 fully saturated rings. The van der Waals surface area contributed by atoms with E-state index in [0.29, 0.717) is 27.1 Å². The highest BCUT2D eigenvalue weighted by Gasteiger charge is 2.33. The van der Waals surface area contributed by atoms with Crippen LogP contribution >= 0.6 is 11.3 Å². The Hall–Kier alpha value is -5.09. The van der Waals surface area contributed by atoms with Gasteiger partial charge in [-0.15, -0.1) is 0 Å². The van der Waals surface area contributed by atoms with Crippen LogP contribution in [0.15, 0.2) is 106 Å². The Morgan fingerprint density at radius 2 is 1.79 bits per heavy atom. The zero-order valence-corrected chi connectivity index (χ0v) is 23.7. The van der Waals surface area contributed by atoms with Crippen molar-refractivity contribution in [2.24, 2.45) is 4.99 Å². The van der Waals surface area contributed by atoms with Crippen molar-refractivity contribution in [3.05, 3.63) is 143 Å². The Balaban J connectivity index is 1.51. The number of para-hydroxylation sites is 1. The van der Waals surface area contributed by atoms with Crippen LogP contribution in [0.25, 0.3) is 17.0 Å². The summed E-state index contributed by atoms with van der Waals surface area (Å²) in [7, 11) is 0. The first-order chi connectivity index (χ1) is 20.4. The van der Waals surface area contributed by atoms with Gasteiger partial charge in [0.15, 0.2) is 4.80 Å². The number of carbonyl (C=O) groups is 1. The Bertz CT molecular complexity index is 2050. The number of esters is 1. The molecule has 1 aliphatic rings. The number of rotatable bonds is 7. The van der Waals surface area contributed by atoms with Crippen molar-refractivity contribution >= 4 is 40.0 Å². The molecular formula is C32H26N4O5S. The van der Waals surface area contributed by atoms with Crippen molar-refractivity contribution in [2.75, 3.05) is 6.61 Å². The van der Waals surface area contributed by atoms with Gasteiger partial charge in [0.1, 0.15) is 0 Å². The molecular weight excluding hydrogens is 552 g/mol. The molecule has 42 heavy (non-hydrogen) atoms. The summed E-state index contributed by atoms with van der Waals surface area (Å²) in [5, 5.41) is 12.1. The lowest BCUT2D eigenvalue weighted by Crippen LogP contribution is -2.40. The van der Waals surface area contributed by atoms with Crippen LogP contribution in [0.1, 0.15) is 36.7 Å². The number of carbonyl (C=O) groups excluding carboxylic acids is 1. The highest BCUT2D eigenvalue weighted by molar-refractivity contribution is 7.07. The lowest BCUT2D eigenvalue weighted by atomic mass is 9.96. The minimum absolute atomic E-state index is 0.0305. The maximum atomic E-state index is 14.1. The first kappa shape index (κ1) is 27.1. The third-order valence-electron chi connectivity index (χ3n) is 7.24. The predicted octanol–water partition coefficient (Wildman–Crippen LogP) is 4.71. The first-order valence-corrected chi connectivity index (χ1v) is 14.2. The molecule has 0 bridgehead atoms. The first-order valence-electron chi connectivity index (χ1n) is 13.4. The molecule has 6 rings (SSSR count). The van der Waals surface area contributed by atoms with Gasteiger partial charge in [-0.2, -0.15) is 0 Å². The second kappa shape index (κ2) is 11.1. The van der Waals surface area contributed by atoms with E-state index < -0.39 is 16.9 Å². The number of fused-ring (bicyclic) bond motifs is 2. The van der Waals surface area contributed by atoms with Gasteiger partial charge in [-0.3, -0.25) is 19.5 Å². The molecule has 0 spiro atoms. The summed E-state index contributed by atoms with van der Waals surface area (Å²) in [6.45, 7) is 4.17. The van der Waals surface area contributed by atoms with Gasteiger partial charge in [0.2, 0.25) is 0 Å². The van der Waals surface area contributed by atoms with Gasteiger partial charge in [0.05, 0.1) is 33.4 Å². The molecule has 3 heterocycles. The molecule has 0 aliphatic carbocycles. The molecule has 10 heteroatoms. The van der Waals surface area contributed by atoms with E-state index in [4.69, 9.17) is 4.74 Å². The molecule has 0 amide bonds. The quantitative estimate of drug-likeness (QED) is 0.158. The maximum Gasteiger partial charge on any atom is 0.338 e. The van der Waals surface area contributed by atoms with E-state index in [0.717, 1.165) is 27.7 Å². The van der Waals surface area contributed by atoms with E-state index in [1.807, 2.05) is 66.7 Å². The van der Waals surface area contributed by atoms with Crippen molar-refractivity contribution < 1.29 is 14.5 Å². The van der Waals surface area contributed by atoms with Gasteiger partial charge in [0.25, 0.3) is 11.2 Å². The second-order valence-electron chi connectivity index (χ2n) is 9.85. The fourth-order valence-electron chi connectivity index (χ4n) is 5.31. The zero-order chi connectivity index (χ0) is 29.4. The Kier molecular flexibility index (Phi) is 7.13. The fourth-order valence-corrected chi connectivity index (χ4v) is 6.34. The number of allylic oxidation sites excluding steroid dienone is 1. The number of hydrogen-bond acceptors (Lipinski definition) is 7. The van der Waals surface area contributed by atoms with Crippen LogP contribution in [0.2, 0.25) is 0 Å². The molecule has 1 atom stereocenters. The van der Waals surface area contributed by atoms with Crippen LogP contribution in [-0.4, -0.2) is 26.6 Å². The van der Waals surface area contributed by atoms with E-state index in [-0.39, 0.29) is 17.9 Å². The maximum absolute atomic E-state index is 14.1. The Labute approximate surface area is 244 Å². The minimum Gasteiger partial charge on any atom is -0.463 e. The molecule has 2 aromatic heterocycles. The Morgan fingerprint density at radius 3 is 2.50 bits per heavy atom. The Morgan fingerprint density at radius 1 is 1.07 bits per heavy atom. The number of benzene rings is 3. The number of non-ortho nitro benzene ring substituents is 1. The highest BCUT2D eigenvalue weighted by Crippen LogP contribution is 2.30. The van der Waals surface area contributed by atoms with E-state index in [9.17, 15) is 19.7 Å². The molecule has 9 nitrogen and oxygen atoms in total. The smallest absolute Gasteiger partial charge is 0.338 e. The number of aromatic nitrogens is 2. The van der Waals surface area contributed by atoms with Crippen LogP contribution in [0.5, 0.6) is 0 Å². The van der Waals surface area contributed by atoms with Gasteiger partial charge >= 0.3 is 5.97 Å². The lowest BCUT2D eigenvalue weighted by molar-refractivity contribution is -0.384. The van der Waals surface area contributed by atoms with Crippen LogP contribution in [0, 0.1) is 10.1 Å². The summed E-state index contributed by atoms with van der Waals surface area (Å²) in [6.07, 6.45) is 1.85. The van der Waals surface area contributed by atoms with Crippen LogP contribution in [-0.2, 0) is 16.1 Å². The zero-order valence-electron chi connectivity index (χ0n) is 22.9. The summed E-state index contributed by atoms with van der Waals surface area (Å²) < 4.78 is 9.50. The molecule has 0 radical (unpaired) electrons. The average molecular weight is 579 g/mol. The molecule has 1 unspecified atom stereocenters. The summed E-state index contributed by atoms with van der Waals surface area (Å²) in [5.41, 5.74) is 4.08. The molecule has 3 aromatic carbocycles. The van der Waals surface area contributed by atoms with E-state index in [1.54, 1.807) is 30.5 Å². The third kappa shape index (κ3) is 4.86. The van der Waals surface area contributed by atoms with E-state index in [1.165, 1.54) is 23.5 Å². The van der Waals surface area contributed by atoms with Gasteiger partial charge in [-0.25, -0.2) is 9.79 Å². The monoisotopic (exact) mass is 578 g/mol. The van der Waals surface area contributed by atoms with Gasteiger partial charge < -0.3 is 9.30 Å². The van der Waals surface area contributed by atoms with Crippen molar-refractivity contribution in [3.8, 4) is 0 Å². The average Bonchev–Trinajstić information content (AvgIpc) is 3.49. The number of nitro groups is 1. The molecule has 0 saturated carbocycles. The second-order valence-corrected chi connectivity index (χ2v) is 10.9. The van der Waals surface area contributed by atoms with Crippen LogP contribution in [0.4, 0.5) is 5.69 Å². The van der Waals surface area contributed by atoms with Gasteiger partial charge in [-0.05, 0) is 43.2 Å². The van der Waals surface area contributed by atoms with Crippen molar-refractivity contribution in [2.45, 2.75) is 26.4 Å². The minimum atomic E-state index is -0.672. The fraction of sp³-hybridized carbons (Fsp3) is 0.156. The normalized spacial score (nSPS) is 15.0. The summed E-state index contributed by atoms with van der Waals surface area (Å²) in [4.78, 5) is 43.0. The standard InChI is InChI=1S/C32H26N4O5S/c1-3-41-31(38)28-20(2)33-32-35(29(28)22-9-5-4-6-10-22)30(37)27(42-32)18-25-17-23-11-7-8-12-26(23)34(25)19-21-13-15-24(16-14-21)36(39)40/h4-18,29H,3,19H2,1-2H3. The molecule has 210 valence electrons. The number of hydrogen-bond donors (Lipinski definition) is 0.